The molecule has 6 nitrogen and oxygen atoms in total. The van der Waals surface area contributed by atoms with Gasteiger partial charge in [0.05, 0.1) is 6.54 Å². The van der Waals surface area contributed by atoms with Gasteiger partial charge in [0.2, 0.25) is 5.91 Å². The zero-order valence-corrected chi connectivity index (χ0v) is 16.8. The quantitative estimate of drug-likeness (QED) is 0.852. The SMILES string of the molecule is CC1CC(C)CN(C(=O)CN2CCN(Cc3cnc(N)s3)CC2)C1.Cl. The van der Waals surface area contributed by atoms with Crippen LogP contribution in [0.1, 0.15) is 25.1 Å². The van der Waals surface area contributed by atoms with Gasteiger partial charge in [0.1, 0.15) is 0 Å². The minimum absolute atomic E-state index is 0. The van der Waals surface area contributed by atoms with Crippen LogP contribution in [-0.2, 0) is 11.3 Å². The predicted molar refractivity (Wildman–Crippen MR) is 105 cm³/mol. The maximum atomic E-state index is 12.6. The van der Waals surface area contributed by atoms with E-state index >= 15 is 0 Å². The molecule has 2 saturated heterocycles. The van der Waals surface area contributed by atoms with E-state index in [9.17, 15) is 4.79 Å². The highest BCUT2D eigenvalue weighted by Crippen LogP contribution is 2.21. The minimum Gasteiger partial charge on any atom is -0.375 e. The zero-order chi connectivity index (χ0) is 17.1. The molecule has 2 atom stereocenters. The van der Waals surface area contributed by atoms with Crippen molar-refractivity contribution >= 4 is 34.8 Å². The highest BCUT2D eigenvalue weighted by molar-refractivity contribution is 7.15. The maximum Gasteiger partial charge on any atom is 0.236 e. The van der Waals surface area contributed by atoms with E-state index in [0.29, 0.717) is 29.4 Å². The van der Waals surface area contributed by atoms with Crippen LogP contribution in [0.3, 0.4) is 0 Å². The van der Waals surface area contributed by atoms with Gasteiger partial charge in [-0.2, -0.15) is 0 Å². The lowest BCUT2D eigenvalue weighted by atomic mass is 9.92. The number of amides is 1. The number of thiazole rings is 1. The van der Waals surface area contributed by atoms with Gasteiger partial charge >= 0.3 is 0 Å². The number of nitrogens with two attached hydrogens (primary N) is 1. The first-order valence-corrected chi connectivity index (χ1v) is 9.74. The van der Waals surface area contributed by atoms with Gasteiger partial charge in [0.25, 0.3) is 0 Å². The Labute approximate surface area is 160 Å². The summed E-state index contributed by atoms with van der Waals surface area (Å²) in [6.45, 7) is 11.7. The van der Waals surface area contributed by atoms with E-state index in [0.717, 1.165) is 45.8 Å². The number of piperidine rings is 1. The molecule has 0 spiro atoms. The molecule has 1 aromatic rings. The minimum atomic E-state index is 0. The van der Waals surface area contributed by atoms with Crippen LogP contribution in [0.4, 0.5) is 5.13 Å². The van der Waals surface area contributed by atoms with Crippen molar-refractivity contribution < 1.29 is 4.79 Å². The predicted octanol–water partition coefficient (Wildman–Crippen LogP) is 1.77. The summed E-state index contributed by atoms with van der Waals surface area (Å²) >= 11 is 1.56. The number of carbonyl (C=O) groups is 1. The molecule has 1 amide bonds. The lowest BCUT2D eigenvalue weighted by Crippen LogP contribution is -2.51. The molecule has 3 rings (SSSR count). The highest BCUT2D eigenvalue weighted by Gasteiger charge is 2.27. The molecular formula is C17H30ClN5OS. The molecule has 8 heteroatoms. The molecule has 2 fully saturated rings. The van der Waals surface area contributed by atoms with Crippen molar-refractivity contribution in [1.29, 1.82) is 0 Å². The summed E-state index contributed by atoms with van der Waals surface area (Å²) in [5.74, 6) is 1.56. The monoisotopic (exact) mass is 387 g/mol. The fourth-order valence-electron chi connectivity index (χ4n) is 3.88. The second-order valence-electron chi connectivity index (χ2n) is 7.46. The number of hydrogen-bond acceptors (Lipinski definition) is 6. The summed E-state index contributed by atoms with van der Waals surface area (Å²) in [4.78, 5) is 24.7. The molecule has 0 aliphatic carbocycles. The molecule has 0 aromatic carbocycles. The normalized spacial score (nSPS) is 25.6. The van der Waals surface area contributed by atoms with Crippen LogP contribution in [0.5, 0.6) is 0 Å². The molecule has 142 valence electrons. The molecule has 0 radical (unpaired) electrons. The van der Waals surface area contributed by atoms with E-state index in [4.69, 9.17) is 5.73 Å². The third-order valence-corrected chi connectivity index (χ3v) is 5.81. The van der Waals surface area contributed by atoms with Crippen LogP contribution in [0.25, 0.3) is 0 Å². The lowest BCUT2D eigenvalue weighted by Gasteiger charge is -2.38. The number of nitrogen functional groups attached to an aromatic ring is 1. The van der Waals surface area contributed by atoms with Crippen molar-refractivity contribution in [3.05, 3.63) is 11.1 Å². The average molecular weight is 388 g/mol. The number of likely N-dealkylation sites (tertiary alicyclic amines) is 1. The molecular weight excluding hydrogens is 358 g/mol. The summed E-state index contributed by atoms with van der Waals surface area (Å²) < 4.78 is 0. The van der Waals surface area contributed by atoms with Gasteiger partial charge in [-0.25, -0.2) is 4.98 Å². The molecule has 25 heavy (non-hydrogen) atoms. The first-order valence-electron chi connectivity index (χ1n) is 8.92. The van der Waals surface area contributed by atoms with Gasteiger partial charge in [-0.15, -0.1) is 23.7 Å². The van der Waals surface area contributed by atoms with Gasteiger partial charge in [-0.1, -0.05) is 13.8 Å². The topological polar surface area (TPSA) is 65.7 Å². The van der Waals surface area contributed by atoms with Crippen molar-refractivity contribution in [2.45, 2.75) is 26.8 Å². The van der Waals surface area contributed by atoms with E-state index in [1.54, 1.807) is 11.3 Å². The second-order valence-corrected chi connectivity index (χ2v) is 8.61. The third-order valence-electron chi connectivity index (χ3n) is 5.00. The van der Waals surface area contributed by atoms with Crippen LogP contribution in [0.2, 0.25) is 0 Å². The average Bonchev–Trinajstić information content (AvgIpc) is 2.93. The van der Waals surface area contributed by atoms with Crippen molar-refractivity contribution in [3.8, 4) is 0 Å². The fourth-order valence-corrected chi connectivity index (χ4v) is 4.61. The Morgan fingerprint density at radius 2 is 1.80 bits per heavy atom. The number of nitrogens with zero attached hydrogens (tertiary/aromatic N) is 4. The highest BCUT2D eigenvalue weighted by atomic mass is 35.5. The first-order chi connectivity index (χ1) is 11.5. The number of anilines is 1. The molecule has 2 unspecified atom stereocenters. The Morgan fingerprint density at radius 1 is 1.20 bits per heavy atom. The molecule has 2 aliphatic rings. The Hall–Kier alpha value is -0.890. The largest absolute Gasteiger partial charge is 0.375 e. The molecule has 0 bridgehead atoms. The molecule has 3 heterocycles. The summed E-state index contributed by atoms with van der Waals surface area (Å²) in [6.07, 6.45) is 3.11. The summed E-state index contributed by atoms with van der Waals surface area (Å²) in [5.41, 5.74) is 5.69. The number of aromatic nitrogens is 1. The summed E-state index contributed by atoms with van der Waals surface area (Å²) in [5, 5.41) is 0.638. The fraction of sp³-hybridized carbons (Fsp3) is 0.765. The van der Waals surface area contributed by atoms with Gasteiger partial charge in [0, 0.05) is 56.9 Å². The second kappa shape index (κ2) is 9.16. The van der Waals surface area contributed by atoms with Crippen molar-refractivity contribution in [3.63, 3.8) is 0 Å². The summed E-state index contributed by atoms with van der Waals surface area (Å²) in [6, 6.07) is 0. The number of halogens is 1. The summed E-state index contributed by atoms with van der Waals surface area (Å²) in [7, 11) is 0. The van der Waals surface area contributed by atoms with Crippen molar-refractivity contribution in [2.75, 3.05) is 51.5 Å². The smallest absolute Gasteiger partial charge is 0.236 e. The molecule has 1 aromatic heterocycles. The van der Waals surface area contributed by atoms with Gasteiger partial charge in [-0.05, 0) is 18.3 Å². The number of hydrogen-bond donors (Lipinski definition) is 1. The van der Waals surface area contributed by atoms with Crippen molar-refractivity contribution in [1.82, 2.24) is 19.7 Å². The molecule has 0 saturated carbocycles. The van der Waals surface area contributed by atoms with E-state index < -0.39 is 0 Å². The van der Waals surface area contributed by atoms with Gasteiger partial charge in [0.15, 0.2) is 5.13 Å². The Morgan fingerprint density at radius 3 is 2.36 bits per heavy atom. The van der Waals surface area contributed by atoms with E-state index in [1.807, 2.05) is 6.20 Å². The lowest BCUT2D eigenvalue weighted by molar-refractivity contribution is -0.135. The van der Waals surface area contributed by atoms with E-state index in [2.05, 4.69) is 33.5 Å². The van der Waals surface area contributed by atoms with E-state index in [1.165, 1.54) is 11.3 Å². The number of carbonyl (C=O) groups excluding carboxylic acids is 1. The van der Waals surface area contributed by atoms with Crippen LogP contribution in [0, 0.1) is 11.8 Å². The van der Waals surface area contributed by atoms with Crippen LogP contribution >= 0.6 is 23.7 Å². The Kier molecular flexibility index (Phi) is 7.49. The van der Waals surface area contributed by atoms with Crippen LogP contribution in [-0.4, -0.2) is 71.4 Å². The van der Waals surface area contributed by atoms with Gasteiger partial charge < -0.3 is 10.6 Å². The third kappa shape index (κ3) is 5.81. The molecule has 2 aliphatic heterocycles. The van der Waals surface area contributed by atoms with Crippen LogP contribution in [0.15, 0.2) is 6.20 Å². The number of rotatable bonds is 4. The molecule has 2 N–H and O–H groups in total. The van der Waals surface area contributed by atoms with Crippen LogP contribution < -0.4 is 5.73 Å². The zero-order valence-electron chi connectivity index (χ0n) is 15.2. The Bertz CT molecular complexity index is 551. The Balaban J connectivity index is 0.00000225. The van der Waals surface area contributed by atoms with E-state index in [-0.39, 0.29) is 12.4 Å². The van der Waals surface area contributed by atoms with Gasteiger partial charge in [-0.3, -0.25) is 14.6 Å². The maximum absolute atomic E-state index is 12.6. The first kappa shape index (κ1) is 20.4. The van der Waals surface area contributed by atoms with Crippen molar-refractivity contribution in [2.24, 2.45) is 11.8 Å². The number of piperazine rings is 1. The standard InChI is InChI=1S/C17H29N5OS.ClH/c1-13-7-14(2)10-22(9-13)16(23)12-21-5-3-20(4-6-21)11-15-8-19-17(18)24-15;/h8,13-14H,3-7,9-12H2,1-2H3,(H2,18,19);1H.